The van der Waals surface area contributed by atoms with E-state index in [1.165, 1.54) is 0 Å². The Morgan fingerprint density at radius 1 is 1.44 bits per heavy atom. The zero-order valence-corrected chi connectivity index (χ0v) is 10.1. The maximum atomic E-state index is 11.9. The van der Waals surface area contributed by atoms with Gasteiger partial charge in [0.15, 0.2) is 0 Å². The standard InChI is InChI=1S/C12H17N3O3/c16-11(17)8-14-12(18)10-2-1-7-15(10)9-3-5-13-6-4-9/h1-2,7,9,13H,3-6,8H2,(H,14,18)(H,16,17). The average Bonchev–Trinajstić information content (AvgIpc) is 2.86. The molecule has 2 heterocycles. The molecule has 0 unspecified atom stereocenters. The SMILES string of the molecule is O=C(O)CNC(=O)c1cccn1C1CCNCC1. The average molecular weight is 251 g/mol. The van der Waals surface area contributed by atoms with E-state index >= 15 is 0 Å². The predicted octanol–water partition coefficient (Wildman–Crippen LogP) is 0.227. The van der Waals surface area contributed by atoms with Gasteiger partial charge >= 0.3 is 5.97 Å². The summed E-state index contributed by atoms with van der Waals surface area (Å²) in [5, 5.41) is 14.2. The van der Waals surface area contributed by atoms with Crippen molar-refractivity contribution in [2.24, 2.45) is 0 Å². The normalized spacial score (nSPS) is 16.4. The quantitative estimate of drug-likeness (QED) is 0.715. The van der Waals surface area contributed by atoms with Crippen molar-refractivity contribution in [3.05, 3.63) is 24.0 Å². The molecule has 18 heavy (non-hydrogen) atoms. The van der Waals surface area contributed by atoms with E-state index in [0.29, 0.717) is 11.7 Å². The molecule has 1 saturated heterocycles. The van der Waals surface area contributed by atoms with Crippen LogP contribution in [0.4, 0.5) is 0 Å². The maximum Gasteiger partial charge on any atom is 0.322 e. The van der Waals surface area contributed by atoms with Crippen LogP contribution in [0.15, 0.2) is 18.3 Å². The van der Waals surface area contributed by atoms with Gasteiger partial charge in [0.25, 0.3) is 5.91 Å². The van der Waals surface area contributed by atoms with E-state index in [1.807, 2.05) is 16.8 Å². The van der Waals surface area contributed by atoms with Gasteiger partial charge in [-0.2, -0.15) is 0 Å². The Bertz CT molecular complexity index is 436. The molecule has 6 heteroatoms. The van der Waals surface area contributed by atoms with Gasteiger partial charge in [0.2, 0.25) is 0 Å². The van der Waals surface area contributed by atoms with Crippen LogP contribution in [0, 0.1) is 0 Å². The Balaban J connectivity index is 2.06. The van der Waals surface area contributed by atoms with Crippen LogP contribution in [-0.2, 0) is 4.79 Å². The van der Waals surface area contributed by atoms with Gasteiger partial charge in [0.1, 0.15) is 12.2 Å². The summed E-state index contributed by atoms with van der Waals surface area (Å²) in [6.07, 6.45) is 3.84. The number of nitrogens with one attached hydrogen (secondary N) is 2. The Kier molecular flexibility index (Phi) is 3.99. The van der Waals surface area contributed by atoms with Crippen LogP contribution in [-0.4, -0.2) is 41.2 Å². The van der Waals surface area contributed by atoms with Crippen molar-refractivity contribution >= 4 is 11.9 Å². The number of amides is 1. The minimum atomic E-state index is -1.04. The summed E-state index contributed by atoms with van der Waals surface area (Å²) in [5.41, 5.74) is 0.531. The van der Waals surface area contributed by atoms with Crippen molar-refractivity contribution in [2.45, 2.75) is 18.9 Å². The first kappa shape index (κ1) is 12.6. The summed E-state index contributed by atoms with van der Waals surface area (Å²) in [6, 6.07) is 3.85. The first-order valence-electron chi connectivity index (χ1n) is 6.06. The molecule has 1 aliphatic heterocycles. The lowest BCUT2D eigenvalue weighted by atomic mass is 10.1. The molecule has 1 fully saturated rings. The minimum Gasteiger partial charge on any atom is -0.480 e. The van der Waals surface area contributed by atoms with Crippen LogP contribution in [0.2, 0.25) is 0 Å². The molecule has 0 atom stereocenters. The number of carboxylic acids is 1. The molecule has 6 nitrogen and oxygen atoms in total. The smallest absolute Gasteiger partial charge is 0.322 e. The fraction of sp³-hybridized carbons (Fsp3) is 0.500. The highest BCUT2D eigenvalue weighted by atomic mass is 16.4. The largest absolute Gasteiger partial charge is 0.480 e. The fourth-order valence-corrected chi connectivity index (χ4v) is 2.24. The van der Waals surface area contributed by atoms with Crippen LogP contribution < -0.4 is 10.6 Å². The van der Waals surface area contributed by atoms with Crippen molar-refractivity contribution in [2.75, 3.05) is 19.6 Å². The van der Waals surface area contributed by atoms with Gasteiger partial charge in [0.05, 0.1) is 0 Å². The van der Waals surface area contributed by atoms with Crippen LogP contribution in [0.1, 0.15) is 29.4 Å². The molecule has 1 amide bonds. The first-order chi connectivity index (χ1) is 8.68. The van der Waals surface area contributed by atoms with Gasteiger partial charge in [-0.1, -0.05) is 0 Å². The van der Waals surface area contributed by atoms with Gasteiger partial charge < -0.3 is 20.3 Å². The Labute approximate surface area is 105 Å². The molecule has 0 radical (unpaired) electrons. The van der Waals surface area contributed by atoms with Gasteiger partial charge in [-0.3, -0.25) is 9.59 Å². The highest BCUT2D eigenvalue weighted by Crippen LogP contribution is 2.21. The third kappa shape index (κ3) is 2.89. The molecular formula is C12H17N3O3. The molecule has 2 rings (SSSR count). The van der Waals surface area contributed by atoms with Crippen molar-refractivity contribution in [3.8, 4) is 0 Å². The number of aromatic nitrogens is 1. The lowest BCUT2D eigenvalue weighted by molar-refractivity contribution is -0.135. The molecule has 0 aliphatic carbocycles. The highest BCUT2D eigenvalue weighted by Gasteiger charge is 2.19. The van der Waals surface area contributed by atoms with E-state index in [1.54, 1.807) is 6.07 Å². The third-order valence-electron chi connectivity index (χ3n) is 3.11. The maximum absolute atomic E-state index is 11.9. The second kappa shape index (κ2) is 5.68. The molecule has 3 N–H and O–H groups in total. The molecular weight excluding hydrogens is 234 g/mol. The molecule has 1 aromatic heterocycles. The summed E-state index contributed by atoms with van der Waals surface area (Å²) in [4.78, 5) is 22.3. The van der Waals surface area contributed by atoms with E-state index in [4.69, 9.17) is 5.11 Å². The molecule has 0 bridgehead atoms. The number of hydrogen-bond acceptors (Lipinski definition) is 3. The van der Waals surface area contributed by atoms with E-state index < -0.39 is 5.97 Å². The van der Waals surface area contributed by atoms with E-state index in [2.05, 4.69) is 10.6 Å². The summed E-state index contributed by atoms with van der Waals surface area (Å²) in [5.74, 6) is -1.37. The number of rotatable bonds is 4. The zero-order chi connectivity index (χ0) is 13.0. The van der Waals surface area contributed by atoms with Gasteiger partial charge in [0, 0.05) is 12.2 Å². The first-order valence-corrected chi connectivity index (χ1v) is 6.06. The minimum absolute atomic E-state index is 0.312. The monoisotopic (exact) mass is 251 g/mol. The van der Waals surface area contributed by atoms with Crippen LogP contribution in [0.5, 0.6) is 0 Å². The summed E-state index contributed by atoms with van der Waals surface area (Å²) in [7, 11) is 0. The third-order valence-corrected chi connectivity index (χ3v) is 3.11. The van der Waals surface area contributed by atoms with E-state index in [0.717, 1.165) is 25.9 Å². The Hall–Kier alpha value is -1.82. The van der Waals surface area contributed by atoms with Crippen LogP contribution >= 0.6 is 0 Å². The van der Waals surface area contributed by atoms with E-state index in [9.17, 15) is 9.59 Å². The van der Waals surface area contributed by atoms with Crippen molar-refractivity contribution in [1.29, 1.82) is 0 Å². The number of carboxylic acid groups (broad SMARTS) is 1. The fourth-order valence-electron chi connectivity index (χ4n) is 2.24. The van der Waals surface area contributed by atoms with Crippen LogP contribution in [0.25, 0.3) is 0 Å². The summed E-state index contributed by atoms with van der Waals surface area (Å²) < 4.78 is 1.94. The van der Waals surface area contributed by atoms with Crippen molar-refractivity contribution < 1.29 is 14.7 Å². The number of nitrogens with zero attached hydrogens (tertiary/aromatic N) is 1. The molecule has 1 aromatic rings. The lowest BCUT2D eigenvalue weighted by Crippen LogP contribution is -2.34. The Morgan fingerprint density at radius 2 is 2.17 bits per heavy atom. The Morgan fingerprint density at radius 3 is 2.83 bits per heavy atom. The molecule has 0 saturated carbocycles. The number of carbonyl (C=O) groups is 2. The lowest BCUT2D eigenvalue weighted by Gasteiger charge is -2.25. The molecule has 0 aromatic carbocycles. The van der Waals surface area contributed by atoms with Gasteiger partial charge in [-0.15, -0.1) is 0 Å². The highest BCUT2D eigenvalue weighted by molar-refractivity contribution is 5.94. The predicted molar refractivity (Wildman–Crippen MR) is 65.5 cm³/mol. The number of piperidine rings is 1. The van der Waals surface area contributed by atoms with E-state index in [-0.39, 0.29) is 12.5 Å². The second-order valence-corrected chi connectivity index (χ2v) is 4.36. The molecule has 0 spiro atoms. The zero-order valence-electron chi connectivity index (χ0n) is 10.1. The number of carbonyl (C=O) groups excluding carboxylic acids is 1. The van der Waals surface area contributed by atoms with Crippen molar-refractivity contribution in [3.63, 3.8) is 0 Å². The molecule has 1 aliphatic rings. The van der Waals surface area contributed by atoms with Crippen molar-refractivity contribution in [1.82, 2.24) is 15.2 Å². The van der Waals surface area contributed by atoms with Gasteiger partial charge in [-0.05, 0) is 38.1 Å². The number of hydrogen-bond donors (Lipinski definition) is 3. The summed E-state index contributed by atoms with van der Waals surface area (Å²) in [6.45, 7) is 1.54. The second-order valence-electron chi connectivity index (χ2n) is 4.36. The van der Waals surface area contributed by atoms with Gasteiger partial charge in [-0.25, -0.2) is 0 Å². The number of aliphatic carboxylic acids is 1. The summed E-state index contributed by atoms with van der Waals surface area (Å²) >= 11 is 0. The molecule has 98 valence electrons. The van der Waals surface area contributed by atoms with Crippen LogP contribution in [0.3, 0.4) is 0 Å². The topological polar surface area (TPSA) is 83.4 Å².